The predicted octanol–water partition coefficient (Wildman–Crippen LogP) is 16.2. The zero-order valence-corrected chi connectivity index (χ0v) is 36.8. The van der Waals surface area contributed by atoms with E-state index in [-0.39, 0.29) is 0 Å². The fourth-order valence-electron chi connectivity index (χ4n) is 10.7. The maximum atomic E-state index is 5.24. The molecule has 14 aromatic rings. The first-order valence-electron chi connectivity index (χ1n) is 23.1. The van der Waals surface area contributed by atoms with Crippen LogP contribution in [0.15, 0.2) is 237 Å². The summed E-state index contributed by atoms with van der Waals surface area (Å²) in [4.78, 5) is 15.5. The van der Waals surface area contributed by atoms with Crippen LogP contribution < -0.4 is 0 Å². The Hall–Kier alpha value is -9.19. The highest BCUT2D eigenvalue weighted by atomic mass is 15.2. The molecule has 0 aliphatic carbocycles. The van der Waals surface area contributed by atoms with Crippen LogP contribution in [-0.4, -0.2) is 24.1 Å². The van der Waals surface area contributed by atoms with E-state index in [0.717, 1.165) is 66.3 Å². The fraction of sp³-hybridized carbons (Fsp3) is 0. The lowest BCUT2D eigenvalue weighted by atomic mass is 9.91. The number of hydrogen-bond donors (Lipinski definition) is 0. The average Bonchev–Trinajstić information content (AvgIpc) is 3.94. The quantitative estimate of drug-likeness (QED) is 0.156. The topological polar surface area (TPSA) is 48.5 Å². The van der Waals surface area contributed by atoms with Gasteiger partial charge >= 0.3 is 0 Å². The van der Waals surface area contributed by atoms with Crippen molar-refractivity contribution in [2.24, 2.45) is 0 Å². The van der Waals surface area contributed by atoms with Gasteiger partial charge in [0.05, 0.1) is 27.8 Å². The summed E-state index contributed by atoms with van der Waals surface area (Å²) >= 11 is 0. The largest absolute Gasteiger partial charge is 0.309 e. The normalized spacial score (nSPS) is 11.8. The molecule has 3 heterocycles. The Morgan fingerprint density at radius 2 is 0.676 bits per heavy atom. The summed E-state index contributed by atoms with van der Waals surface area (Å²) in [7, 11) is 0. The number of benzene rings is 11. The van der Waals surface area contributed by atoms with Gasteiger partial charge in [-0.1, -0.05) is 200 Å². The van der Waals surface area contributed by atoms with E-state index in [0.29, 0.717) is 17.6 Å². The van der Waals surface area contributed by atoms with Gasteiger partial charge in [0, 0.05) is 38.2 Å². The van der Waals surface area contributed by atoms with Crippen LogP contribution in [0.4, 0.5) is 0 Å². The molecule has 5 nitrogen and oxygen atoms in total. The van der Waals surface area contributed by atoms with Crippen LogP contribution in [0.2, 0.25) is 0 Å². The zero-order chi connectivity index (χ0) is 44.7. The van der Waals surface area contributed by atoms with Gasteiger partial charge in [0.2, 0.25) is 5.95 Å². The summed E-state index contributed by atoms with van der Waals surface area (Å²) in [5.74, 6) is 1.82. The molecule has 0 unspecified atom stereocenters. The molecule has 0 atom stereocenters. The average molecular weight is 866 g/mol. The zero-order valence-electron chi connectivity index (χ0n) is 36.8. The number of fused-ring (bicyclic) bond motifs is 13. The Kier molecular flexibility index (Phi) is 8.52. The van der Waals surface area contributed by atoms with Gasteiger partial charge in [0.25, 0.3) is 0 Å². The van der Waals surface area contributed by atoms with Gasteiger partial charge in [-0.15, -0.1) is 0 Å². The molecule has 3 aromatic heterocycles. The number of rotatable bonds is 6. The minimum Gasteiger partial charge on any atom is -0.309 e. The van der Waals surface area contributed by atoms with E-state index in [9.17, 15) is 0 Å². The molecule has 11 aromatic carbocycles. The van der Waals surface area contributed by atoms with Gasteiger partial charge in [-0.05, 0) is 85.4 Å². The molecular formula is C63H39N5. The van der Waals surface area contributed by atoms with Crippen LogP contribution in [-0.2, 0) is 0 Å². The van der Waals surface area contributed by atoms with Crippen molar-refractivity contribution >= 4 is 75.9 Å². The van der Waals surface area contributed by atoms with Gasteiger partial charge in [-0.3, -0.25) is 4.57 Å². The van der Waals surface area contributed by atoms with E-state index < -0.39 is 0 Å². The highest BCUT2D eigenvalue weighted by molar-refractivity contribution is 6.29. The highest BCUT2D eigenvalue weighted by Crippen LogP contribution is 2.45. The predicted molar refractivity (Wildman–Crippen MR) is 283 cm³/mol. The second-order valence-electron chi connectivity index (χ2n) is 17.5. The van der Waals surface area contributed by atoms with E-state index >= 15 is 0 Å². The van der Waals surface area contributed by atoms with Crippen LogP contribution in [0.3, 0.4) is 0 Å². The van der Waals surface area contributed by atoms with Crippen molar-refractivity contribution in [3.8, 4) is 56.7 Å². The second-order valence-corrected chi connectivity index (χ2v) is 17.5. The van der Waals surface area contributed by atoms with Crippen molar-refractivity contribution < 1.29 is 0 Å². The van der Waals surface area contributed by atoms with Gasteiger partial charge in [-0.25, -0.2) is 4.98 Å². The van der Waals surface area contributed by atoms with Crippen molar-refractivity contribution in [1.82, 2.24) is 24.1 Å². The Bertz CT molecular complexity index is 4210. The van der Waals surface area contributed by atoms with Crippen LogP contribution >= 0.6 is 0 Å². The molecule has 0 fully saturated rings. The lowest BCUT2D eigenvalue weighted by Crippen LogP contribution is -2.06. The maximum absolute atomic E-state index is 5.24. The Morgan fingerprint density at radius 3 is 1.24 bits per heavy atom. The van der Waals surface area contributed by atoms with Gasteiger partial charge < -0.3 is 4.57 Å². The first kappa shape index (κ1) is 38.1. The minimum absolute atomic E-state index is 0.571. The van der Waals surface area contributed by atoms with E-state index in [1.54, 1.807) is 0 Å². The lowest BCUT2D eigenvalue weighted by molar-refractivity contribution is 0.953. The molecule has 0 aliphatic rings. The van der Waals surface area contributed by atoms with Crippen molar-refractivity contribution in [2.45, 2.75) is 0 Å². The summed E-state index contributed by atoms with van der Waals surface area (Å²) in [6.45, 7) is 0. The second kappa shape index (κ2) is 15.2. The molecule has 0 saturated carbocycles. The van der Waals surface area contributed by atoms with Crippen LogP contribution in [0.5, 0.6) is 0 Å². The summed E-state index contributed by atoms with van der Waals surface area (Å²) in [6, 6.07) is 84.8. The molecule has 0 spiro atoms. The van der Waals surface area contributed by atoms with E-state index in [1.165, 1.54) is 48.7 Å². The molecule has 316 valence electrons. The third-order valence-corrected chi connectivity index (χ3v) is 13.8. The number of nitrogens with zero attached hydrogens (tertiary/aromatic N) is 5. The van der Waals surface area contributed by atoms with Crippen LogP contribution in [0, 0.1) is 0 Å². The van der Waals surface area contributed by atoms with Crippen molar-refractivity contribution in [3.05, 3.63) is 237 Å². The van der Waals surface area contributed by atoms with Gasteiger partial charge in [0.1, 0.15) is 0 Å². The molecule has 0 bridgehead atoms. The molecule has 0 N–H and O–H groups in total. The van der Waals surface area contributed by atoms with Crippen LogP contribution in [0.1, 0.15) is 0 Å². The van der Waals surface area contributed by atoms with Crippen LogP contribution in [0.25, 0.3) is 133 Å². The molecule has 0 saturated heterocycles. The third kappa shape index (κ3) is 5.86. The van der Waals surface area contributed by atoms with Gasteiger partial charge in [-0.2, -0.15) is 9.97 Å². The Balaban J connectivity index is 1.06. The summed E-state index contributed by atoms with van der Waals surface area (Å²) in [5.41, 5.74) is 11.9. The maximum Gasteiger partial charge on any atom is 0.238 e. The first-order valence-corrected chi connectivity index (χ1v) is 23.1. The summed E-state index contributed by atoms with van der Waals surface area (Å²) in [6.07, 6.45) is 0. The number of aromatic nitrogens is 5. The smallest absolute Gasteiger partial charge is 0.238 e. The molecule has 0 radical (unpaired) electrons. The molecule has 0 amide bonds. The molecule has 5 heteroatoms. The first-order chi connectivity index (χ1) is 33.7. The SMILES string of the molecule is c1ccc(-c2ccc(-c3ccc4c5ccccc5c5ccccc5c4c3)c(-n3c4ccccc4c4c5c6ccccc6n(-c6nc(-c7ccccc7)nc(-c7ccccc7)n6)c5ccc43)c2)cc1. The monoisotopic (exact) mass is 865 g/mol. The summed E-state index contributed by atoms with van der Waals surface area (Å²) in [5, 5.41) is 12.2. The Morgan fingerprint density at radius 1 is 0.250 bits per heavy atom. The van der Waals surface area contributed by atoms with Gasteiger partial charge in [0.15, 0.2) is 11.6 Å². The molecule has 0 aliphatic heterocycles. The number of hydrogen-bond acceptors (Lipinski definition) is 3. The van der Waals surface area contributed by atoms with Crippen molar-refractivity contribution in [3.63, 3.8) is 0 Å². The fourth-order valence-corrected chi connectivity index (χ4v) is 10.7. The lowest BCUT2D eigenvalue weighted by Gasteiger charge is -2.18. The molecule has 14 rings (SSSR count). The third-order valence-electron chi connectivity index (χ3n) is 13.8. The van der Waals surface area contributed by atoms with E-state index in [2.05, 4.69) is 209 Å². The highest BCUT2D eigenvalue weighted by Gasteiger charge is 2.24. The van der Waals surface area contributed by atoms with Crippen molar-refractivity contribution in [1.29, 1.82) is 0 Å². The number of para-hydroxylation sites is 2. The minimum atomic E-state index is 0.571. The summed E-state index contributed by atoms with van der Waals surface area (Å²) < 4.78 is 4.71. The standard InChI is InChI=1S/C63H39N5/c1-4-18-40(19-5-1)43-32-34-45(44-33-35-50-48-26-11-10-24-46(48)47-25-12-13-27-49(47)53(50)38-44)58(39-43)67-54-30-16-14-28-51(54)59-56(67)36-37-57-60(59)52-29-15-17-31-55(52)68(57)63-65-61(41-20-6-2-7-21-41)64-62(66-63)42-22-8-3-9-23-42/h1-39H. The molecular weight excluding hydrogens is 827 g/mol. The molecule has 68 heavy (non-hydrogen) atoms. The Labute approximate surface area is 391 Å². The van der Waals surface area contributed by atoms with Crippen molar-refractivity contribution in [2.75, 3.05) is 0 Å². The van der Waals surface area contributed by atoms with E-state index in [4.69, 9.17) is 15.0 Å². The van der Waals surface area contributed by atoms with E-state index in [1.807, 2.05) is 36.4 Å².